The van der Waals surface area contributed by atoms with E-state index in [1.165, 1.54) is 17.6 Å². The fourth-order valence-electron chi connectivity index (χ4n) is 1.98. The molecule has 0 unspecified atom stereocenters. The Morgan fingerprint density at radius 1 is 1.48 bits per heavy atom. The quantitative estimate of drug-likeness (QED) is 0.791. The standard InChI is InChI=1S/C16H19N3O3S/c1-4-19(9-11(2)3)14(20)8-12-10-23-16(17-12)18-15(21)13-6-5-7-22-13/h5-7,10H,2,4,8-9H2,1,3H3,(H,17,18,21). The van der Waals surface area contributed by atoms with Gasteiger partial charge >= 0.3 is 0 Å². The average molecular weight is 333 g/mol. The predicted molar refractivity (Wildman–Crippen MR) is 89.5 cm³/mol. The lowest BCUT2D eigenvalue weighted by atomic mass is 10.2. The summed E-state index contributed by atoms with van der Waals surface area (Å²) < 4.78 is 5.02. The maximum absolute atomic E-state index is 12.2. The second-order valence-corrected chi connectivity index (χ2v) is 5.98. The van der Waals surface area contributed by atoms with E-state index in [4.69, 9.17) is 4.42 Å². The monoisotopic (exact) mass is 333 g/mol. The van der Waals surface area contributed by atoms with E-state index >= 15 is 0 Å². The molecule has 0 aliphatic carbocycles. The molecule has 23 heavy (non-hydrogen) atoms. The van der Waals surface area contributed by atoms with Crippen LogP contribution >= 0.6 is 11.3 Å². The lowest BCUT2D eigenvalue weighted by molar-refractivity contribution is -0.129. The van der Waals surface area contributed by atoms with Crippen molar-refractivity contribution in [2.75, 3.05) is 18.4 Å². The smallest absolute Gasteiger partial charge is 0.293 e. The third-order valence-electron chi connectivity index (χ3n) is 3.04. The zero-order chi connectivity index (χ0) is 16.8. The van der Waals surface area contributed by atoms with Crippen LogP contribution in [0, 0.1) is 0 Å². The Morgan fingerprint density at radius 2 is 2.26 bits per heavy atom. The van der Waals surface area contributed by atoms with Gasteiger partial charge in [-0.3, -0.25) is 14.9 Å². The van der Waals surface area contributed by atoms with Gasteiger partial charge in [0.05, 0.1) is 18.4 Å². The van der Waals surface area contributed by atoms with Gasteiger partial charge in [0.1, 0.15) is 0 Å². The molecule has 2 amide bonds. The van der Waals surface area contributed by atoms with Crippen molar-refractivity contribution in [3.8, 4) is 0 Å². The van der Waals surface area contributed by atoms with Crippen LogP contribution in [0.3, 0.4) is 0 Å². The highest BCUT2D eigenvalue weighted by atomic mass is 32.1. The highest BCUT2D eigenvalue weighted by molar-refractivity contribution is 7.14. The molecule has 0 radical (unpaired) electrons. The summed E-state index contributed by atoms with van der Waals surface area (Å²) in [4.78, 5) is 30.1. The van der Waals surface area contributed by atoms with Gasteiger partial charge < -0.3 is 9.32 Å². The first kappa shape index (κ1) is 17.0. The summed E-state index contributed by atoms with van der Waals surface area (Å²) in [5, 5.41) is 4.86. The summed E-state index contributed by atoms with van der Waals surface area (Å²) in [5.41, 5.74) is 1.57. The van der Waals surface area contributed by atoms with E-state index < -0.39 is 0 Å². The Hall–Kier alpha value is -2.41. The molecule has 6 nitrogen and oxygen atoms in total. The molecule has 0 aliphatic heterocycles. The van der Waals surface area contributed by atoms with Crippen molar-refractivity contribution >= 4 is 28.3 Å². The summed E-state index contributed by atoms with van der Waals surface area (Å²) >= 11 is 1.28. The SMILES string of the molecule is C=C(C)CN(CC)C(=O)Cc1csc(NC(=O)c2ccco2)n1. The number of carbonyl (C=O) groups excluding carboxylic acids is 2. The largest absolute Gasteiger partial charge is 0.459 e. The number of carbonyl (C=O) groups is 2. The second kappa shape index (κ2) is 7.73. The molecule has 2 aromatic heterocycles. The summed E-state index contributed by atoms with van der Waals surface area (Å²) in [7, 11) is 0. The highest BCUT2D eigenvalue weighted by Gasteiger charge is 2.16. The normalized spacial score (nSPS) is 10.3. The van der Waals surface area contributed by atoms with Gasteiger partial charge in [-0.15, -0.1) is 11.3 Å². The predicted octanol–water partition coefficient (Wildman–Crippen LogP) is 2.96. The lowest BCUT2D eigenvalue weighted by Crippen LogP contribution is -2.33. The van der Waals surface area contributed by atoms with E-state index in [0.29, 0.717) is 23.9 Å². The number of nitrogens with one attached hydrogen (secondary N) is 1. The first-order valence-electron chi connectivity index (χ1n) is 7.21. The van der Waals surface area contributed by atoms with Gasteiger partial charge in [0.15, 0.2) is 10.9 Å². The van der Waals surface area contributed by atoms with Gasteiger partial charge in [0.2, 0.25) is 5.91 Å². The third-order valence-corrected chi connectivity index (χ3v) is 3.85. The van der Waals surface area contributed by atoms with E-state index in [-0.39, 0.29) is 24.0 Å². The molecule has 2 aromatic rings. The van der Waals surface area contributed by atoms with Crippen LogP contribution in [0.1, 0.15) is 30.1 Å². The molecule has 122 valence electrons. The van der Waals surface area contributed by atoms with Gasteiger partial charge in [-0.1, -0.05) is 12.2 Å². The number of aromatic nitrogens is 1. The number of rotatable bonds is 7. The number of anilines is 1. The van der Waals surface area contributed by atoms with Crippen molar-refractivity contribution in [3.05, 3.63) is 47.4 Å². The Labute approximate surface area is 138 Å². The maximum Gasteiger partial charge on any atom is 0.293 e. The molecule has 0 atom stereocenters. The van der Waals surface area contributed by atoms with Gasteiger partial charge in [0.25, 0.3) is 5.91 Å². The zero-order valence-corrected chi connectivity index (χ0v) is 14.0. The average Bonchev–Trinajstić information content (AvgIpc) is 3.16. The molecule has 0 saturated heterocycles. The van der Waals surface area contributed by atoms with Crippen molar-refractivity contribution in [2.24, 2.45) is 0 Å². The van der Waals surface area contributed by atoms with Gasteiger partial charge in [0, 0.05) is 18.5 Å². The Morgan fingerprint density at radius 3 is 2.87 bits per heavy atom. The molecule has 0 spiro atoms. The van der Waals surface area contributed by atoms with Crippen molar-refractivity contribution in [1.82, 2.24) is 9.88 Å². The molecule has 2 heterocycles. The molecule has 0 saturated carbocycles. The summed E-state index contributed by atoms with van der Waals surface area (Å²) in [6, 6.07) is 3.21. The van der Waals surface area contributed by atoms with Crippen LogP contribution in [0.5, 0.6) is 0 Å². The Bertz CT molecular complexity index is 691. The van der Waals surface area contributed by atoms with Crippen LogP contribution < -0.4 is 5.32 Å². The van der Waals surface area contributed by atoms with Gasteiger partial charge in [-0.2, -0.15) is 0 Å². The van der Waals surface area contributed by atoms with Crippen molar-refractivity contribution < 1.29 is 14.0 Å². The van der Waals surface area contributed by atoms with Crippen LogP contribution in [-0.2, 0) is 11.2 Å². The topological polar surface area (TPSA) is 75.4 Å². The van der Waals surface area contributed by atoms with Crippen LogP contribution in [0.2, 0.25) is 0 Å². The molecule has 7 heteroatoms. The van der Waals surface area contributed by atoms with Crippen molar-refractivity contribution in [1.29, 1.82) is 0 Å². The van der Waals surface area contributed by atoms with Gasteiger partial charge in [-0.25, -0.2) is 4.98 Å². The minimum atomic E-state index is -0.361. The minimum absolute atomic E-state index is 0.00953. The van der Waals surface area contributed by atoms with E-state index in [1.807, 2.05) is 13.8 Å². The first-order chi connectivity index (χ1) is 11.0. The van der Waals surface area contributed by atoms with Crippen LogP contribution in [0.25, 0.3) is 0 Å². The number of furan rings is 1. The van der Waals surface area contributed by atoms with E-state index in [0.717, 1.165) is 5.57 Å². The number of hydrogen-bond acceptors (Lipinski definition) is 5. The van der Waals surface area contributed by atoms with E-state index in [9.17, 15) is 9.59 Å². The minimum Gasteiger partial charge on any atom is -0.459 e. The Balaban J connectivity index is 1.95. The third kappa shape index (κ3) is 4.79. The zero-order valence-electron chi connectivity index (χ0n) is 13.2. The van der Waals surface area contributed by atoms with E-state index in [1.54, 1.807) is 22.4 Å². The summed E-state index contributed by atoms with van der Waals surface area (Å²) in [6.45, 7) is 8.81. The van der Waals surface area contributed by atoms with E-state index in [2.05, 4.69) is 16.9 Å². The van der Waals surface area contributed by atoms with Gasteiger partial charge in [-0.05, 0) is 26.0 Å². The molecule has 0 aromatic carbocycles. The fourth-order valence-corrected chi connectivity index (χ4v) is 2.69. The number of nitrogens with zero attached hydrogens (tertiary/aromatic N) is 2. The van der Waals surface area contributed by atoms with Crippen LogP contribution in [0.4, 0.5) is 5.13 Å². The molecule has 0 fully saturated rings. The van der Waals surface area contributed by atoms with Crippen molar-refractivity contribution in [3.63, 3.8) is 0 Å². The molecular formula is C16H19N3O3S. The molecular weight excluding hydrogens is 314 g/mol. The number of likely N-dealkylation sites (N-methyl/N-ethyl adjacent to an activating group) is 1. The first-order valence-corrected chi connectivity index (χ1v) is 8.09. The molecule has 1 N–H and O–H groups in total. The highest BCUT2D eigenvalue weighted by Crippen LogP contribution is 2.17. The number of thiazole rings is 1. The number of hydrogen-bond donors (Lipinski definition) is 1. The Kier molecular flexibility index (Phi) is 5.70. The summed E-state index contributed by atoms with van der Waals surface area (Å²) in [5.74, 6) is -0.152. The van der Waals surface area contributed by atoms with Crippen LogP contribution in [-0.4, -0.2) is 34.8 Å². The molecule has 2 rings (SSSR count). The molecule has 0 aliphatic rings. The fraction of sp³-hybridized carbons (Fsp3) is 0.312. The summed E-state index contributed by atoms with van der Waals surface area (Å²) in [6.07, 6.45) is 1.63. The van der Waals surface area contributed by atoms with Crippen LogP contribution in [0.15, 0.2) is 40.3 Å². The molecule has 0 bridgehead atoms. The lowest BCUT2D eigenvalue weighted by Gasteiger charge is -2.20. The van der Waals surface area contributed by atoms with Crippen molar-refractivity contribution in [2.45, 2.75) is 20.3 Å². The number of amides is 2. The second-order valence-electron chi connectivity index (χ2n) is 5.12. The maximum atomic E-state index is 12.2.